The number of nitrogens with one attached hydrogen (secondary N) is 1. The fourth-order valence-electron chi connectivity index (χ4n) is 3.31. The minimum Gasteiger partial charge on any atom is -0.349 e. The Kier molecular flexibility index (Phi) is 4.99. The van der Waals surface area contributed by atoms with Gasteiger partial charge in [-0.2, -0.15) is 5.10 Å². The number of hydrogen-bond acceptors (Lipinski definition) is 5. The van der Waals surface area contributed by atoms with Crippen LogP contribution in [0.15, 0.2) is 42.4 Å². The molecule has 1 aliphatic rings. The third kappa shape index (κ3) is 3.64. The lowest BCUT2D eigenvalue weighted by Crippen LogP contribution is -2.37. The average molecular weight is 388 g/mol. The van der Waals surface area contributed by atoms with Crippen molar-refractivity contribution in [2.45, 2.75) is 37.8 Å². The molecule has 1 aliphatic carbocycles. The van der Waals surface area contributed by atoms with Crippen LogP contribution < -0.4 is 5.32 Å². The average Bonchev–Trinajstić information content (AvgIpc) is 3.32. The van der Waals surface area contributed by atoms with Crippen molar-refractivity contribution in [1.29, 1.82) is 0 Å². The Morgan fingerprint density at radius 3 is 2.77 bits per heavy atom. The van der Waals surface area contributed by atoms with Crippen LogP contribution in [0.3, 0.4) is 0 Å². The highest BCUT2D eigenvalue weighted by Gasteiger charge is 2.25. The summed E-state index contributed by atoms with van der Waals surface area (Å²) in [6, 6.07) is 2.29. The molecule has 0 unspecified atom stereocenters. The molecule has 3 heterocycles. The molecule has 1 saturated carbocycles. The molecule has 1 amide bonds. The van der Waals surface area contributed by atoms with Gasteiger partial charge in [0, 0.05) is 30.2 Å². The van der Waals surface area contributed by atoms with E-state index in [0.717, 1.165) is 36.9 Å². The molecule has 0 aromatic carbocycles. The monoisotopic (exact) mass is 387 g/mol. The molecule has 0 saturated heterocycles. The molecule has 3 aromatic rings. The largest absolute Gasteiger partial charge is 0.349 e. The second-order valence-corrected chi connectivity index (χ2v) is 7.70. The van der Waals surface area contributed by atoms with Crippen molar-refractivity contribution in [3.63, 3.8) is 0 Å². The summed E-state index contributed by atoms with van der Waals surface area (Å²) < 4.78 is 2.01. The summed E-state index contributed by atoms with van der Waals surface area (Å²) in [4.78, 5) is 21.3. The maximum atomic E-state index is 12.3. The molecule has 1 fully saturated rings. The summed E-state index contributed by atoms with van der Waals surface area (Å²) in [7, 11) is 0. The van der Waals surface area contributed by atoms with Gasteiger partial charge in [0.2, 0.25) is 0 Å². The second-order valence-electron chi connectivity index (χ2n) is 6.38. The number of aromatic nitrogens is 4. The number of carbonyl (C=O) groups is 1. The zero-order valence-electron chi connectivity index (χ0n) is 14.0. The van der Waals surface area contributed by atoms with E-state index in [2.05, 4.69) is 20.4 Å². The predicted molar refractivity (Wildman–Crippen MR) is 101 cm³/mol. The molecule has 3 aromatic heterocycles. The highest BCUT2D eigenvalue weighted by molar-refractivity contribution is 7.12. The first-order chi connectivity index (χ1) is 12.7. The molecule has 0 radical (unpaired) electrons. The van der Waals surface area contributed by atoms with Crippen molar-refractivity contribution in [2.24, 2.45) is 0 Å². The van der Waals surface area contributed by atoms with E-state index in [1.165, 1.54) is 11.3 Å². The van der Waals surface area contributed by atoms with Gasteiger partial charge in [-0.15, -0.1) is 11.3 Å². The number of halogens is 1. The molecule has 0 bridgehead atoms. The Labute approximate surface area is 160 Å². The van der Waals surface area contributed by atoms with Crippen molar-refractivity contribution in [2.75, 3.05) is 0 Å². The number of thiophene rings is 1. The Morgan fingerprint density at radius 1 is 1.23 bits per heavy atom. The zero-order valence-corrected chi connectivity index (χ0v) is 15.6. The molecule has 26 heavy (non-hydrogen) atoms. The van der Waals surface area contributed by atoms with Crippen molar-refractivity contribution in [3.05, 3.63) is 52.3 Å². The van der Waals surface area contributed by atoms with Crippen LogP contribution in [-0.2, 0) is 0 Å². The van der Waals surface area contributed by atoms with Crippen LogP contribution in [0.5, 0.6) is 0 Å². The molecule has 1 N–H and O–H groups in total. The van der Waals surface area contributed by atoms with Gasteiger partial charge in [0.1, 0.15) is 4.88 Å². The first-order valence-corrected chi connectivity index (χ1v) is 9.81. The summed E-state index contributed by atoms with van der Waals surface area (Å²) in [6.07, 6.45) is 12.8. The van der Waals surface area contributed by atoms with Crippen molar-refractivity contribution < 1.29 is 4.79 Å². The molecule has 8 heteroatoms. The van der Waals surface area contributed by atoms with Crippen LogP contribution in [-0.4, -0.2) is 31.7 Å². The minimum absolute atomic E-state index is 0.0718. The fraction of sp³-hybridized carbons (Fsp3) is 0.333. The number of amides is 1. The van der Waals surface area contributed by atoms with E-state index in [0.29, 0.717) is 15.9 Å². The summed E-state index contributed by atoms with van der Waals surface area (Å²) >= 11 is 7.41. The molecule has 4 rings (SSSR count). The van der Waals surface area contributed by atoms with Crippen molar-refractivity contribution in [3.8, 4) is 11.3 Å². The van der Waals surface area contributed by atoms with Crippen LogP contribution in [0.25, 0.3) is 11.3 Å². The Balaban J connectivity index is 1.35. The normalized spacial score (nSPS) is 20.0. The van der Waals surface area contributed by atoms with Crippen LogP contribution in [0, 0.1) is 0 Å². The lowest BCUT2D eigenvalue weighted by atomic mass is 9.91. The van der Waals surface area contributed by atoms with E-state index in [4.69, 9.17) is 11.6 Å². The van der Waals surface area contributed by atoms with Gasteiger partial charge in [-0.05, 0) is 37.1 Å². The van der Waals surface area contributed by atoms with E-state index < -0.39 is 0 Å². The maximum absolute atomic E-state index is 12.3. The van der Waals surface area contributed by atoms with Crippen LogP contribution in [0.4, 0.5) is 0 Å². The number of nitrogens with zero attached hydrogens (tertiary/aromatic N) is 4. The van der Waals surface area contributed by atoms with Gasteiger partial charge in [0.25, 0.3) is 5.91 Å². The first-order valence-electron chi connectivity index (χ1n) is 8.55. The van der Waals surface area contributed by atoms with Gasteiger partial charge >= 0.3 is 0 Å². The minimum atomic E-state index is -0.0718. The SMILES string of the molecule is O=C(NC1CCC(n2cc(-c3cnccn3)cn2)CC1)c1sccc1Cl. The predicted octanol–water partition coefficient (Wildman–Crippen LogP) is 3.97. The molecule has 0 aliphatic heterocycles. The second kappa shape index (κ2) is 7.55. The highest BCUT2D eigenvalue weighted by atomic mass is 35.5. The topological polar surface area (TPSA) is 72.7 Å². The summed E-state index contributed by atoms with van der Waals surface area (Å²) in [5, 5.41) is 9.96. The quantitative estimate of drug-likeness (QED) is 0.735. The molecule has 6 nitrogen and oxygen atoms in total. The van der Waals surface area contributed by atoms with Crippen molar-refractivity contribution >= 4 is 28.8 Å². The van der Waals surface area contributed by atoms with Crippen LogP contribution >= 0.6 is 22.9 Å². The fourth-order valence-corrected chi connectivity index (χ4v) is 4.35. The Hall–Kier alpha value is -2.25. The van der Waals surface area contributed by atoms with Gasteiger partial charge < -0.3 is 5.32 Å². The van der Waals surface area contributed by atoms with E-state index in [1.807, 2.05) is 22.5 Å². The summed E-state index contributed by atoms with van der Waals surface area (Å²) in [6.45, 7) is 0. The number of rotatable bonds is 4. The van der Waals surface area contributed by atoms with Gasteiger partial charge in [-0.25, -0.2) is 0 Å². The van der Waals surface area contributed by atoms with Crippen LogP contribution in [0.2, 0.25) is 5.02 Å². The molecule has 134 valence electrons. The number of hydrogen-bond donors (Lipinski definition) is 1. The third-order valence-corrected chi connectivity index (χ3v) is 6.03. The number of carbonyl (C=O) groups excluding carboxylic acids is 1. The lowest BCUT2D eigenvalue weighted by molar-refractivity contribution is 0.0926. The smallest absolute Gasteiger partial charge is 0.263 e. The Bertz CT molecular complexity index is 886. The molecular weight excluding hydrogens is 370 g/mol. The first kappa shape index (κ1) is 17.2. The molecule has 0 spiro atoms. The molecule has 0 atom stereocenters. The Morgan fingerprint density at radius 2 is 2.08 bits per heavy atom. The van der Waals surface area contributed by atoms with Gasteiger partial charge in [0.15, 0.2) is 0 Å². The highest BCUT2D eigenvalue weighted by Crippen LogP contribution is 2.30. The van der Waals surface area contributed by atoms with E-state index in [1.54, 1.807) is 24.7 Å². The summed E-state index contributed by atoms with van der Waals surface area (Å²) in [5.74, 6) is -0.0718. The van der Waals surface area contributed by atoms with Crippen molar-refractivity contribution in [1.82, 2.24) is 25.1 Å². The van der Waals surface area contributed by atoms with E-state index >= 15 is 0 Å². The lowest BCUT2D eigenvalue weighted by Gasteiger charge is -2.29. The van der Waals surface area contributed by atoms with E-state index in [9.17, 15) is 4.79 Å². The third-order valence-electron chi connectivity index (χ3n) is 4.69. The van der Waals surface area contributed by atoms with Crippen LogP contribution in [0.1, 0.15) is 41.4 Å². The summed E-state index contributed by atoms with van der Waals surface area (Å²) in [5.41, 5.74) is 1.80. The standard InChI is InChI=1S/C18H18ClN5OS/c19-15-5-8-26-17(15)18(25)23-13-1-3-14(4-2-13)24-11-12(9-22-24)16-10-20-6-7-21-16/h5-11,13-14H,1-4H2,(H,23,25). The van der Waals surface area contributed by atoms with Gasteiger partial charge in [-0.1, -0.05) is 11.6 Å². The zero-order chi connectivity index (χ0) is 17.9. The van der Waals surface area contributed by atoms with Gasteiger partial charge in [-0.3, -0.25) is 19.4 Å². The molecular formula is C18H18ClN5OS. The van der Waals surface area contributed by atoms with Gasteiger partial charge in [0.05, 0.1) is 29.2 Å². The maximum Gasteiger partial charge on any atom is 0.263 e. The van der Waals surface area contributed by atoms with E-state index in [-0.39, 0.29) is 11.9 Å².